The van der Waals surface area contributed by atoms with E-state index in [1.54, 1.807) is 0 Å². The Kier molecular flexibility index (Phi) is 7.63. The monoisotopic (exact) mass is 348 g/mol. The Morgan fingerprint density at radius 1 is 1.12 bits per heavy atom. The summed E-state index contributed by atoms with van der Waals surface area (Å²) in [6.45, 7) is 3.88. The summed E-state index contributed by atoms with van der Waals surface area (Å²) < 4.78 is 0. The molecule has 132 valence electrons. The van der Waals surface area contributed by atoms with Gasteiger partial charge in [-0.25, -0.2) is 0 Å². The Hall–Kier alpha value is -1.49. The Morgan fingerprint density at radius 2 is 1.79 bits per heavy atom. The predicted molar refractivity (Wildman–Crippen MR) is 99.4 cm³/mol. The standard InChI is InChI=1S/C19H28N2O2S/c1-14(2)20-18(22)13-24-17-12-8-7-11-16(17)19(23)21-15-9-5-3-4-6-10-15/h7-8,11-12,14-15H,3-6,9-10,13H2,1-2H3,(H,20,22)(H,21,23). The number of nitrogens with one attached hydrogen (secondary N) is 2. The van der Waals surface area contributed by atoms with Crippen LogP contribution in [0.5, 0.6) is 0 Å². The molecular formula is C19H28N2O2S. The Bertz CT molecular complexity index is 552. The van der Waals surface area contributed by atoms with E-state index < -0.39 is 0 Å². The van der Waals surface area contributed by atoms with Gasteiger partial charge in [-0.1, -0.05) is 37.8 Å². The van der Waals surface area contributed by atoms with E-state index in [0.717, 1.165) is 17.7 Å². The van der Waals surface area contributed by atoms with E-state index in [4.69, 9.17) is 0 Å². The van der Waals surface area contributed by atoms with Crippen molar-refractivity contribution in [3.8, 4) is 0 Å². The molecule has 2 N–H and O–H groups in total. The number of benzene rings is 1. The molecule has 5 heteroatoms. The topological polar surface area (TPSA) is 58.2 Å². The highest BCUT2D eigenvalue weighted by Gasteiger charge is 2.18. The third-order valence-electron chi connectivity index (χ3n) is 4.13. The molecule has 0 radical (unpaired) electrons. The fraction of sp³-hybridized carbons (Fsp3) is 0.579. The number of thioether (sulfide) groups is 1. The van der Waals surface area contributed by atoms with Crippen molar-refractivity contribution < 1.29 is 9.59 Å². The molecule has 1 fully saturated rings. The van der Waals surface area contributed by atoms with Crippen LogP contribution in [0.2, 0.25) is 0 Å². The van der Waals surface area contributed by atoms with E-state index in [1.807, 2.05) is 38.1 Å². The van der Waals surface area contributed by atoms with Crippen molar-refractivity contribution in [3.63, 3.8) is 0 Å². The van der Waals surface area contributed by atoms with Crippen LogP contribution in [0, 0.1) is 0 Å². The summed E-state index contributed by atoms with van der Waals surface area (Å²) in [7, 11) is 0. The van der Waals surface area contributed by atoms with Crippen LogP contribution >= 0.6 is 11.8 Å². The van der Waals surface area contributed by atoms with Gasteiger partial charge in [-0.15, -0.1) is 11.8 Å². The van der Waals surface area contributed by atoms with Crippen molar-refractivity contribution >= 4 is 23.6 Å². The minimum Gasteiger partial charge on any atom is -0.353 e. The summed E-state index contributed by atoms with van der Waals surface area (Å²) in [6, 6.07) is 7.95. The predicted octanol–water partition coefficient (Wildman–Crippen LogP) is 3.76. The highest BCUT2D eigenvalue weighted by Crippen LogP contribution is 2.23. The molecular weight excluding hydrogens is 320 g/mol. The number of carbonyl (C=O) groups is 2. The molecule has 0 atom stereocenters. The third-order valence-corrected chi connectivity index (χ3v) is 5.20. The lowest BCUT2D eigenvalue weighted by molar-refractivity contribution is -0.119. The van der Waals surface area contributed by atoms with Crippen LogP contribution in [0.25, 0.3) is 0 Å². The van der Waals surface area contributed by atoms with Gasteiger partial charge in [-0.3, -0.25) is 9.59 Å². The highest BCUT2D eigenvalue weighted by atomic mass is 32.2. The maximum absolute atomic E-state index is 12.6. The molecule has 1 aliphatic carbocycles. The first kappa shape index (κ1) is 18.8. The lowest BCUT2D eigenvalue weighted by Gasteiger charge is -2.17. The van der Waals surface area contributed by atoms with Gasteiger partial charge in [0, 0.05) is 17.0 Å². The number of hydrogen-bond acceptors (Lipinski definition) is 3. The minimum absolute atomic E-state index is 0.00557. The molecule has 4 nitrogen and oxygen atoms in total. The lowest BCUT2D eigenvalue weighted by atomic mass is 10.1. The zero-order valence-corrected chi connectivity index (χ0v) is 15.5. The Balaban J connectivity index is 1.96. The van der Waals surface area contributed by atoms with Gasteiger partial charge in [-0.2, -0.15) is 0 Å². The van der Waals surface area contributed by atoms with Gasteiger partial charge < -0.3 is 10.6 Å². The van der Waals surface area contributed by atoms with E-state index in [9.17, 15) is 9.59 Å². The molecule has 1 saturated carbocycles. The SMILES string of the molecule is CC(C)NC(=O)CSc1ccccc1C(=O)NC1CCCCCC1. The molecule has 2 amide bonds. The van der Waals surface area contributed by atoms with Crippen LogP contribution in [0.15, 0.2) is 29.2 Å². The van der Waals surface area contributed by atoms with Crippen LogP contribution in [-0.2, 0) is 4.79 Å². The van der Waals surface area contributed by atoms with Gasteiger partial charge in [0.2, 0.25) is 5.91 Å². The maximum Gasteiger partial charge on any atom is 0.252 e. The summed E-state index contributed by atoms with van der Waals surface area (Å²) >= 11 is 1.42. The van der Waals surface area contributed by atoms with E-state index in [1.165, 1.54) is 37.4 Å². The van der Waals surface area contributed by atoms with Gasteiger partial charge in [0.1, 0.15) is 0 Å². The fourth-order valence-corrected chi connectivity index (χ4v) is 3.83. The average Bonchev–Trinajstić information content (AvgIpc) is 2.81. The molecule has 1 aromatic rings. The van der Waals surface area contributed by atoms with Crippen LogP contribution in [0.3, 0.4) is 0 Å². The molecule has 0 heterocycles. The molecule has 0 unspecified atom stereocenters. The Labute approximate surface area is 149 Å². The summed E-state index contributed by atoms with van der Waals surface area (Å²) in [5.41, 5.74) is 0.670. The molecule has 0 spiro atoms. The van der Waals surface area contributed by atoms with Gasteiger partial charge in [0.25, 0.3) is 5.91 Å². The molecule has 0 aliphatic heterocycles. The molecule has 0 saturated heterocycles. The van der Waals surface area contributed by atoms with Crippen molar-refractivity contribution in [1.82, 2.24) is 10.6 Å². The van der Waals surface area contributed by atoms with E-state index in [0.29, 0.717) is 11.3 Å². The van der Waals surface area contributed by atoms with Gasteiger partial charge in [0.15, 0.2) is 0 Å². The van der Waals surface area contributed by atoms with Gasteiger partial charge in [-0.05, 0) is 38.8 Å². The smallest absolute Gasteiger partial charge is 0.252 e. The molecule has 1 aliphatic rings. The number of carbonyl (C=O) groups excluding carboxylic acids is 2. The molecule has 0 bridgehead atoms. The van der Waals surface area contributed by atoms with E-state index >= 15 is 0 Å². The number of amides is 2. The van der Waals surface area contributed by atoms with E-state index in [2.05, 4.69) is 10.6 Å². The quantitative estimate of drug-likeness (QED) is 0.608. The Morgan fingerprint density at radius 3 is 2.46 bits per heavy atom. The molecule has 0 aromatic heterocycles. The molecule has 1 aromatic carbocycles. The largest absolute Gasteiger partial charge is 0.353 e. The molecule has 24 heavy (non-hydrogen) atoms. The number of hydrogen-bond donors (Lipinski definition) is 2. The zero-order chi connectivity index (χ0) is 17.4. The van der Waals surface area contributed by atoms with Crippen molar-refractivity contribution in [1.29, 1.82) is 0 Å². The van der Waals surface area contributed by atoms with Crippen LogP contribution < -0.4 is 10.6 Å². The minimum atomic E-state index is -0.0192. The van der Waals surface area contributed by atoms with Crippen LogP contribution in [-0.4, -0.2) is 29.7 Å². The van der Waals surface area contributed by atoms with Crippen molar-refractivity contribution in [3.05, 3.63) is 29.8 Å². The van der Waals surface area contributed by atoms with E-state index in [-0.39, 0.29) is 23.9 Å². The zero-order valence-electron chi connectivity index (χ0n) is 14.6. The first-order valence-electron chi connectivity index (χ1n) is 8.88. The summed E-state index contributed by atoms with van der Waals surface area (Å²) in [6.07, 6.45) is 7.05. The van der Waals surface area contributed by atoms with Crippen molar-refractivity contribution in [2.45, 2.75) is 69.4 Å². The second-order valence-corrected chi connectivity index (χ2v) is 7.69. The second-order valence-electron chi connectivity index (χ2n) is 6.67. The summed E-state index contributed by atoms with van der Waals surface area (Å²) in [5, 5.41) is 6.06. The lowest BCUT2D eigenvalue weighted by Crippen LogP contribution is -2.34. The number of rotatable bonds is 6. The second kappa shape index (κ2) is 9.72. The highest BCUT2D eigenvalue weighted by molar-refractivity contribution is 8.00. The molecule has 2 rings (SSSR count). The third kappa shape index (κ3) is 6.19. The van der Waals surface area contributed by atoms with Gasteiger partial charge >= 0.3 is 0 Å². The first-order chi connectivity index (χ1) is 11.6. The maximum atomic E-state index is 12.6. The fourth-order valence-electron chi connectivity index (χ4n) is 2.97. The first-order valence-corrected chi connectivity index (χ1v) is 9.87. The average molecular weight is 349 g/mol. The van der Waals surface area contributed by atoms with Crippen LogP contribution in [0.4, 0.5) is 0 Å². The van der Waals surface area contributed by atoms with Crippen LogP contribution in [0.1, 0.15) is 62.7 Å². The van der Waals surface area contributed by atoms with Gasteiger partial charge in [0.05, 0.1) is 11.3 Å². The summed E-state index contributed by atoms with van der Waals surface area (Å²) in [5.74, 6) is 0.301. The van der Waals surface area contributed by atoms with Crippen molar-refractivity contribution in [2.75, 3.05) is 5.75 Å². The normalized spacial score (nSPS) is 15.8. The van der Waals surface area contributed by atoms with Crippen molar-refractivity contribution in [2.24, 2.45) is 0 Å². The summed E-state index contributed by atoms with van der Waals surface area (Å²) in [4.78, 5) is 25.3.